The van der Waals surface area contributed by atoms with Gasteiger partial charge in [0.1, 0.15) is 5.82 Å². The fraction of sp³-hybridized carbons (Fsp3) is 0.688. The average Bonchev–Trinajstić information content (AvgIpc) is 2.44. The number of hydrogen-bond donors (Lipinski definition) is 1. The lowest BCUT2D eigenvalue weighted by Crippen LogP contribution is -2.28. The molecule has 0 bridgehead atoms. The highest BCUT2D eigenvalue weighted by atomic mass is 16.5. The molecular formula is C16H29N3O. The molecule has 4 nitrogen and oxygen atoms in total. The van der Waals surface area contributed by atoms with Gasteiger partial charge in [0.2, 0.25) is 0 Å². The molecule has 1 aromatic heterocycles. The third-order valence-corrected chi connectivity index (χ3v) is 3.11. The van der Waals surface area contributed by atoms with E-state index in [4.69, 9.17) is 4.74 Å². The Balaban J connectivity index is 2.55. The molecule has 1 aromatic rings. The van der Waals surface area contributed by atoms with Crippen LogP contribution < -0.4 is 10.2 Å². The van der Waals surface area contributed by atoms with Gasteiger partial charge in [0.05, 0.1) is 6.61 Å². The number of likely N-dealkylation sites (N-methyl/N-ethyl adjacent to an activating group) is 1. The zero-order chi connectivity index (χ0) is 14.8. The Morgan fingerprint density at radius 2 is 2.15 bits per heavy atom. The van der Waals surface area contributed by atoms with Crippen LogP contribution in [0.3, 0.4) is 0 Å². The number of ether oxygens (including phenoxy) is 1. The highest BCUT2D eigenvalue weighted by Gasteiger charge is 2.06. The molecule has 0 aliphatic heterocycles. The summed E-state index contributed by atoms with van der Waals surface area (Å²) in [5.41, 5.74) is 1.28. The molecule has 0 saturated carbocycles. The van der Waals surface area contributed by atoms with E-state index in [-0.39, 0.29) is 0 Å². The largest absolute Gasteiger partial charge is 0.380 e. The number of aromatic nitrogens is 1. The van der Waals surface area contributed by atoms with Crippen LogP contribution in [0.25, 0.3) is 0 Å². The van der Waals surface area contributed by atoms with Gasteiger partial charge in [-0.05, 0) is 44.0 Å². The standard InChI is InChI=1S/C16H29N3O/c1-5-19(9-10-20-6-2)16-11-15(7-8-18-16)13-17-12-14(3)4/h7-8,11,14,17H,5-6,9-10,12-13H2,1-4H3. The van der Waals surface area contributed by atoms with Crippen LogP contribution in [0.2, 0.25) is 0 Å². The van der Waals surface area contributed by atoms with E-state index in [2.05, 4.69) is 48.1 Å². The minimum absolute atomic E-state index is 0.676. The van der Waals surface area contributed by atoms with Crippen molar-refractivity contribution >= 4 is 5.82 Å². The van der Waals surface area contributed by atoms with E-state index in [1.807, 2.05) is 13.1 Å². The van der Waals surface area contributed by atoms with Gasteiger partial charge in [-0.15, -0.1) is 0 Å². The first kappa shape index (κ1) is 16.9. The quantitative estimate of drug-likeness (QED) is 0.668. The Labute approximate surface area is 123 Å². The second-order valence-corrected chi connectivity index (χ2v) is 5.32. The summed E-state index contributed by atoms with van der Waals surface area (Å²) in [5, 5.41) is 3.47. The van der Waals surface area contributed by atoms with E-state index in [1.165, 1.54) is 5.56 Å². The summed E-state index contributed by atoms with van der Waals surface area (Å²) in [4.78, 5) is 6.73. The van der Waals surface area contributed by atoms with Crippen LogP contribution in [0.15, 0.2) is 18.3 Å². The fourth-order valence-electron chi connectivity index (χ4n) is 2.00. The maximum Gasteiger partial charge on any atom is 0.128 e. The molecule has 20 heavy (non-hydrogen) atoms. The molecule has 114 valence electrons. The lowest BCUT2D eigenvalue weighted by Gasteiger charge is -2.22. The summed E-state index contributed by atoms with van der Waals surface area (Å²) in [6.07, 6.45) is 1.89. The number of anilines is 1. The van der Waals surface area contributed by atoms with Crippen molar-refractivity contribution in [1.29, 1.82) is 0 Å². The summed E-state index contributed by atoms with van der Waals surface area (Å²) in [6, 6.07) is 4.25. The van der Waals surface area contributed by atoms with E-state index in [0.717, 1.165) is 45.2 Å². The minimum atomic E-state index is 0.676. The molecule has 0 radical (unpaired) electrons. The van der Waals surface area contributed by atoms with Crippen molar-refractivity contribution in [3.63, 3.8) is 0 Å². The van der Waals surface area contributed by atoms with Crippen LogP contribution in [0.1, 0.15) is 33.3 Å². The molecule has 0 aromatic carbocycles. The first-order valence-electron chi connectivity index (χ1n) is 7.65. The molecular weight excluding hydrogens is 250 g/mol. The molecule has 0 fully saturated rings. The number of rotatable bonds is 10. The van der Waals surface area contributed by atoms with Crippen LogP contribution in [0, 0.1) is 5.92 Å². The van der Waals surface area contributed by atoms with Gasteiger partial charge >= 0.3 is 0 Å². The van der Waals surface area contributed by atoms with Gasteiger partial charge in [-0.25, -0.2) is 4.98 Å². The van der Waals surface area contributed by atoms with Crippen LogP contribution in [0.4, 0.5) is 5.82 Å². The topological polar surface area (TPSA) is 37.4 Å². The molecule has 0 aliphatic carbocycles. The highest BCUT2D eigenvalue weighted by Crippen LogP contribution is 2.12. The summed E-state index contributed by atoms with van der Waals surface area (Å²) in [6.45, 7) is 13.9. The molecule has 0 spiro atoms. The van der Waals surface area contributed by atoms with E-state index in [1.54, 1.807) is 0 Å². The Bertz CT molecular complexity index is 368. The van der Waals surface area contributed by atoms with E-state index >= 15 is 0 Å². The summed E-state index contributed by atoms with van der Waals surface area (Å²) >= 11 is 0. The number of pyridine rings is 1. The van der Waals surface area contributed by atoms with Gasteiger partial charge in [0, 0.05) is 32.4 Å². The predicted molar refractivity (Wildman–Crippen MR) is 85.2 cm³/mol. The second kappa shape index (κ2) is 9.72. The van der Waals surface area contributed by atoms with Gasteiger partial charge in [0.15, 0.2) is 0 Å². The molecule has 0 atom stereocenters. The van der Waals surface area contributed by atoms with Crippen LogP contribution in [-0.4, -0.2) is 37.8 Å². The zero-order valence-corrected chi connectivity index (χ0v) is 13.4. The number of nitrogens with zero attached hydrogens (tertiary/aromatic N) is 2. The normalized spacial score (nSPS) is 11.1. The Kier molecular flexibility index (Phi) is 8.23. The summed E-state index contributed by atoms with van der Waals surface area (Å²) in [7, 11) is 0. The average molecular weight is 279 g/mol. The van der Waals surface area contributed by atoms with Crippen molar-refractivity contribution in [1.82, 2.24) is 10.3 Å². The van der Waals surface area contributed by atoms with E-state index < -0.39 is 0 Å². The molecule has 0 aliphatic rings. The summed E-state index contributed by atoms with van der Waals surface area (Å²) < 4.78 is 5.43. The maximum atomic E-state index is 5.43. The highest BCUT2D eigenvalue weighted by molar-refractivity contribution is 5.40. The Morgan fingerprint density at radius 3 is 2.80 bits per heavy atom. The Morgan fingerprint density at radius 1 is 1.35 bits per heavy atom. The smallest absolute Gasteiger partial charge is 0.128 e. The van der Waals surface area contributed by atoms with Gasteiger partial charge < -0.3 is 15.0 Å². The first-order chi connectivity index (χ1) is 9.67. The van der Waals surface area contributed by atoms with Crippen molar-refractivity contribution in [2.75, 3.05) is 37.7 Å². The summed E-state index contributed by atoms with van der Waals surface area (Å²) in [5.74, 6) is 1.71. The van der Waals surface area contributed by atoms with Gasteiger partial charge in [-0.3, -0.25) is 0 Å². The number of hydrogen-bond acceptors (Lipinski definition) is 4. The first-order valence-corrected chi connectivity index (χ1v) is 7.65. The molecule has 0 unspecified atom stereocenters. The van der Waals surface area contributed by atoms with Gasteiger partial charge in [-0.1, -0.05) is 13.8 Å². The SMILES string of the molecule is CCOCCN(CC)c1cc(CNCC(C)C)ccn1. The molecule has 1 heterocycles. The number of nitrogens with one attached hydrogen (secondary N) is 1. The lowest BCUT2D eigenvalue weighted by molar-refractivity contribution is 0.154. The molecule has 1 N–H and O–H groups in total. The second-order valence-electron chi connectivity index (χ2n) is 5.32. The molecule has 0 amide bonds. The van der Waals surface area contributed by atoms with E-state index in [0.29, 0.717) is 5.92 Å². The lowest BCUT2D eigenvalue weighted by atomic mass is 10.2. The molecule has 1 rings (SSSR count). The van der Waals surface area contributed by atoms with Crippen molar-refractivity contribution in [3.8, 4) is 0 Å². The maximum absolute atomic E-state index is 5.43. The molecule has 4 heteroatoms. The zero-order valence-electron chi connectivity index (χ0n) is 13.4. The molecule has 0 saturated heterocycles. The van der Waals surface area contributed by atoms with Crippen molar-refractivity contribution in [2.45, 2.75) is 34.2 Å². The fourth-order valence-corrected chi connectivity index (χ4v) is 2.00. The van der Waals surface area contributed by atoms with Crippen LogP contribution in [0.5, 0.6) is 0 Å². The van der Waals surface area contributed by atoms with Gasteiger partial charge in [0.25, 0.3) is 0 Å². The monoisotopic (exact) mass is 279 g/mol. The van der Waals surface area contributed by atoms with Crippen molar-refractivity contribution < 1.29 is 4.74 Å². The Hall–Kier alpha value is -1.13. The predicted octanol–water partition coefficient (Wildman–Crippen LogP) is 2.69. The van der Waals surface area contributed by atoms with Crippen molar-refractivity contribution in [3.05, 3.63) is 23.9 Å². The van der Waals surface area contributed by atoms with Crippen LogP contribution in [-0.2, 0) is 11.3 Å². The van der Waals surface area contributed by atoms with Crippen LogP contribution >= 0.6 is 0 Å². The minimum Gasteiger partial charge on any atom is -0.380 e. The van der Waals surface area contributed by atoms with Gasteiger partial charge in [-0.2, -0.15) is 0 Å². The van der Waals surface area contributed by atoms with Crippen molar-refractivity contribution in [2.24, 2.45) is 5.92 Å². The van der Waals surface area contributed by atoms with E-state index in [9.17, 15) is 0 Å². The third-order valence-electron chi connectivity index (χ3n) is 3.11. The third kappa shape index (κ3) is 6.35.